The summed E-state index contributed by atoms with van der Waals surface area (Å²) in [5, 5.41) is 0. The normalized spacial score (nSPS) is 20.5. The standard InChI is InChI=1S/C20H23NO/c1-16-13-21(14-18-6-4-3-5-7-18)15-19(16)12-17-8-10-20(22-2)11-9-17/h3-12,16H,13-15H2,1-2H3/b19-12-. The number of ether oxygens (including phenoxy) is 1. The quantitative estimate of drug-likeness (QED) is 0.836. The highest BCUT2D eigenvalue weighted by molar-refractivity contribution is 5.55. The molecule has 0 saturated carbocycles. The van der Waals surface area contributed by atoms with Crippen molar-refractivity contribution in [3.05, 3.63) is 71.3 Å². The maximum absolute atomic E-state index is 5.21. The Morgan fingerprint density at radius 1 is 1.09 bits per heavy atom. The van der Waals surface area contributed by atoms with E-state index in [1.165, 1.54) is 16.7 Å². The second-order valence-corrected chi connectivity index (χ2v) is 6.05. The van der Waals surface area contributed by atoms with Gasteiger partial charge in [0.25, 0.3) is 0 Å². The van der Waals surface area contributed by atoms with Crippen LogP contribution in [0.1, 0.15) is 18.1 Å². The van der Waals surface area contributed by atoms with Gasteiger partial charge in [-0.3, -0.25) is 4.90 Å². The highest BCUT2D eigenvalue weighted by Gasteiger charge is 2.23. The fourth-order valence-electron chi connectivity index (χ4n) is 3.05. The zero-order valence-corrected chi connectivity index (χ0v) is 13.3. The molecule has 0 radical (unpaired) electrons. The highest BCUT2D eigenvalue weighted by atomic mass is 16.5. The van der Waals surface area contributed by atoms with Gasteiger partial charge in [0, 0.05) is 19.6 Å². The highest BCUT2D eigenvalue weighted by Crippen LogP contribution is 2.26. The summed E-state index contributed by atoms with van der Waals surface area (Å²) >= 11 is 0. The van der Waals surface area contributed by atoms with Gasteiger partial charge in [0.05, 0.1) is 7.11 Å². The lowest BCUT2D eigenvalue weighted by molar-refractivity contribution is 0.322. The van der Waals surface area contributed by atoms with Crippen molar-refractivity contribution in [3.63, 3.8) is 0 Å². The molecular weight excluding hydrogens is 270 g/mol. The van der Waals surface area contributed by atoms with Crippen LogP contribution in [0.5, 0.6) is 5.75 Å². The topological polar surface area (TPSA) is 12.5 Å². The van der Waals surface area contributed by atoms with Crippen molar-refractivity contribution in [1.82, 2.24) is 4.90 Å². The van der Waals surface area contributed by atoms with Gasteiger partial charge in [0.2, 0.25) is 0 Å². The van der Waals surface area contributed by atoms with Gasteiger partial charge < -0.3 is 4.74 Å². The molecule has 0 bridgehead atoms. The van der Waals surface area contributed by atoms with Gasteiger partial charge in [-0.1, -0.05) is 61.0 Å². The van der Waals surface area contributed by atoms with E-state index >= 15 is 0 Å². The molecule has 114 valence electrons. The fourth-order valence-corrected chi connectivity index (χ4v) is 3.05. The lowest BCUT2D eigenvalue weighted by atomic mass is 10.0. The van der Waals surface area contributed by atoms with Gasteiger partial charge in [-0.2, -0.15) is 0 Å². The van der Waals surface area contributed by atoms with E-state index in [-0.39, 0.29) is 0 Å². The fraction of sp³-hybridized carbons (Fsp3) is 0.300. The second-order valence-electron chi connectivity index (χ2n) is 6.05. The van der Waals surface area contributed by atoms with E-state index in [2.05, 4.69) is 60.4 Å². The Labute approximate surface area is 133 Å². The first kappa shape index (κ1) is 14.9. The number of likely N-dealkylation sites (tertiary alicyclic amines) is 1. The van der Waals surface area contributed by atoms with Crippen molar-refractivity contribution in [2.75, 3.05) is 20.2 Å². The SMILES string of the molecule is COc1ccc(/C=C2/CN(Cc3ccccc3)CC2C)cc1. The van der Waals surface area contributed by atoms with Gasteiger partial charge in [-0.25, -0.2) is 0 Å². The molecule has 0 N–H and O–H groups in total. The summed E-state index contributed by atoms with van der Waals surface area (Å²) < 4.78 is 5.21. The molecule has 1 saturated heterocycles. The lowest BCUT2D eigenvalue weighted by Crippen LogP contribution is -2.19. The Morgan fingerprint density at radius 2 is 1.82 bits per heavy atom. The van der Waals surface area contributed by atoms with Gasteiger partial charge in [-0.05, 0) is 29.2 Å². The van der Waals surface area contributed by atoms with E-state index in [0.29, 0.717) is 5.92 Å². The van der Waals surface area contributed by atoms with Crippen LogP contribution in [0.2, 0.25) is 0 Å². The van der Waals surface area contributed by atoms with E-state index in [0.717, 1.165) is 25.4 Å². The molecular formula is C20H23NO. The summed E-state index contributed by atoms with van der Waals surface area (Å²) in [4.78, 5) is 2.52. The van der Waals surface area contributed by atoms with Crippen LogP contribution in [0, 0.1) is 5.92 Å². The van der Waals surface area contributed by atoms with Crippen LogP contribution >= 0.6 is 0 Å². The maximum atomic E-state index is 5.21. The van der Waals surface area contributed by atoms with E-state index < -0.39 is 0 Å². The minimum atomic E-state index is 0.616. The lowest BCUT2D eigenvalue weighted by Gasteiger charge is -2.14. The molecule has 3 rings (SSSR count). The summed E-state index contributed by atoms with van der Waals surface area (Å²) in [7, 11) is 1.70. The molecule has 2 heteroatoms. The third-order valence-electron chi connectivity index (χ3n) is 4.29. The van der Waals surface area contributed by atoms with E-state index in [9.17, 15) is 0 Å². The first-order valence-electron chi connectivity index (χ1n) is 7.85. The van der Waals surface area contributed by atoms with Gasteiger partial charge >= 0.3 is 0 Å². The minimum absolute atomic E-state index is 0.616. The predicted octanol–water partition coefficient (Wildman–Crippen LogP) is 4.23. The molecule has 1 aliphatic rings. The monoisotopic (exact) mass is 293 g/mol. The van der Waals surface area contributed by atoms with Crippen LogP contribution in [0.3, 0.4) is 0 Å². The van der Waals surface area contributed by atoms with Crippen LogP contribution in [0.25, 0.3) is 6.08 Å². The first-order valence-corrected chi connectivity index (χ1v) is 7.85. The molecule has 1 unspecified atom stereocenters. The number of rotatable bonds is 4. The van der Waals surface area contributed by atoms with Gasteiger partial charge in [-0.15, -0.1) is 0 Å². The van der Waals surface area contributed by atoms with Gasteiger partial charge in [0.15, 0.2) is 0 Å². The number of methoxy groups -OCH3 is 1. The predicted molar refractivity (Wildman–Crippen MR) is 91.9 cm³/mol. The van der Waals surface area contributed by atoms with Crippen LogP contribution in [0.15, 0.2) is 60.2 Å². The van der Waals surface area contributed by atoms with Crippen LogP contribution in [-0.4, -0.2) is 25.1 Å². The molecule has 0 amide bonds. The average Bonchev–Trinajstić information content (AvgIpc) is 2.88. The Hall–Kier alpha value is -2.06. The Balaban J connectivity index is 1.68. The summed E-state index contributed by atoms with van der Waals surface area (Å²) in [6, 6.07) is 19.0. The van der Waals surface area contributed by atoms with E-state index in [4.69, 9.17) is 4.74 Å². The first-order chi connectivity index (χ1) is 10.7. The zero-order valence-electron chi connectivity index (χ0n) is 13.3. The number of nitrogens with zero attached hydrogens (tertiary/aromatic N) is 1. The summed E-state index contributed by atoms with van der Waals surface area (Å²) in [6.07, 6.45) is 2.33. The smallest absolute Gasteiger partial charge is 0.118 e. The Bertz CT molecular complexity index is 631. The third-order valence-corrected chi connectivity index (χ3v) is 4.29. The maximum Gasteiger partial charge on any atom is 0.118 e. The summed E-state index contributed by atoms with van der Waals surface area (Å²) in [5.41, 5.74) is 4.16. The summed E-state index contributed by atoms with van der Waals surface area (Å²) in [6.45, 7) is 5.55. The van der Waals surface area contributed by atoms with E-state index in [1.54, 1.807) is 7.11 Å². The van der Waals surface area contributed by atoms with Crippen LogP contribution in [-0.2, 0) is 6.54 Å². The molecule has 1 heterocycles. The van der Waals surface area contributed by atoms with Crippen molar-refractivity contribution in [1.29, 1.82) is 0 Å². The summed E-state index contributed by atoms with van der Waals surface area (Å²) in [5.74, 6) is 1.53. The van der Waals surface area contributed by atoms with Crippen molar-refractivity contribution >= 4 is 6.08 Å². The minimum Gasteiger partial charge on any atom is -0.497 e. The Morgan fingerprint density at radius 3 is 2.50 bits per heavy atom. The largest absolute Gasteiger partial charge is 0.497 e. The van der Waals surface area contributed by atoms with Crippen molar-refractivity contribution < 1.29 is 4.74 Å². The van der Waals surface area contributed by atoms with Crippen molar-refractivity contribution in [2.24, 2.45) is 5.92 Å². The number of hydrogen-bond donors (Lipinski definition) is 0. The van der Waals surface area contributed by atoms with Crippen LogP contribution in [0.4, 0.5) is 0 Å². The molecule has 2 aromatic rings. The molecule has 1 atom stereocenters. The van der Waals surface area contributed by atoms with Crippen LogP contribution < -0.4 is 4.74 Å². The molecule has 0 spiro atoms. The zero-order chi connectivity index (χ0) is 15.4. The third kappa shape index (κ3) is 3.58. The molecule has 2 nitrogen and oxygen atoms in total. The molecule has 0 aliphatic carbocycles. The molecule has 1 fully saturated rings. The molecule has 22 heavy (non-hydrogen) atoms. The van der Waals surface area contributed by atoms with Gasteiger partial charge in [0.1, 0.15) is 5.75 Å². The molecule has 2 aromatic carbocycles. The second kappa shape index (κ2) is 6.80. The Kier molecular flexibility index (Phi) is 4.59. The average molecular weight is 293 g/mol. The number of benzene rings is 2. The van der Waals surface area contributed by atoms with E-state index in [1.807, 2.05) is 12.1 Å². The molecule has 1 aliphatic heterocycles. The van der Waals surface area contributed by atoms with Crippen molar-refractivity contribution in [2.45, 2.75) is 13.5 Å². The van der Waals surface area contributed by atoms with Crippen molar-refractivity contribution in [3.8, 4) is 5.75 Å². The number of hydrogen-bond acceptors (Lipinski definition) is 2. The molecule has 0 aromatic heterocycles.